The van der Waals surface area contributed by atoms with Crippen LogP contribution in [0.4, 0.5) is 0 Å². The van der Waals surface area contributed by atoms with Crippen LogP contribution in [0.25, 0.3) is 49.7 Å². The van der Waals surface area contributed by atoms with Gasteiger partial charge < -0.3 is 4.57 Å². The summed E-state index contributed by atoms with van der Waals surface area (Å²) in [6, 6.07) is 42.5. The Morgan fingerprint density at radius 3 is 2.00 bits per heavy atom. The summed E-state index contributed by atoms with van der Waals surface area (Å²) in [5, 5.41) is 3.13. The predicted octanol–water partition coefficient (Wildman–Crippen LogP) is 8.77. The molecule has 1 heterocycles. The highest BCUT2D eigenvalue weighted by Crippen LogP contribution is 2.40. The number of fused-ring (bicyclic) bond motifs is 3. The smallest absolute Gasteiger partial charge is 0.0547 e. The topological polar surface area (TPSA) is 4.93 Å². The van der Waals surface area contributed by atoms with Gasteiger partial charge in [-0.2, -0.15) is 0 Å². The Hall–Kier alpha value is -3.81. The van der Waals surface area contributed by atoms with Crippen LogP contribution in [0, 0.1) is 0 Å². The summed E-state index contributed by atoms with van der Waals surface area (Å²) in [5.41, 5.74) is 8.32. The number of rotatable bonds is 3. The van der Waals surface area contributed by atoms with Gasteiger partial charge in [-0.25, -0.2) is 0 Å². The molecule has 0 saturated heterocycles. The van der Waals surface area contributed by atoms with Gasteiger partial charge in [0.15, 0.2) is 0 Å². The van der Waals surface area contributed by atoms with Crippen molar-refractivity contribution in [1.29, 1.82) is 0 Å². The summed E-state index contributed by atoms with van der Waals surface area (Å²) < 4.78 is 2.32. The fraction of sp³-hybridized carbons (Fsp3) is 0. The van der Waals surface area contributed by atoms with Gasteiger partial charge in [-0.15, -0.1) is 0 Å². The predicted molar refractivity (Wildman–Crippen MR) is 137 cm³/mol. The number of hydrogen-bond acceptors (Lipinski definition) is 0. The molecule has 2 heteroatoms. The van der Waals surface area contributed by atoms with Gasteiger partial charge in [0.2, 0.25) is 0 Å². The Bertz CT molecular complexity index is 1560. The van der Waals surface area contributed by atoms with E-state index in [-0.39, 0.29) is 0 Å². The van der Waals surface area contributed by atoms with Gasteiger partial charge in [-0.3, -0.25) is 0 Å². The van der Waals surface area contributed by atoms with Crippen LogP contribution in [0.15, 0.2) is 121 Å². The zero-order valence-corrected chi connectivity index (χ0v) is 18.1. The summed E-state index contributed by atoms with van der Waals surface area (Å²) >= 11 is 6.47. The van der Waals surface area contributed by atoms with Crippen molar-refractivity contribution in [2.75, 3.05) is 0 Å². The first-order valence-electron chi connectivity index (χ1n) is 10.7. The maximum Gasteiger partial charge on any atom is 0.0547 e. The molecule has 5 aromatic carbocycles. The summed E-state index contributed by atoms with van der Waals surface area (Å²) in [4.78, 5) is 0. The SMILES string of the molecule is Clc1ccc2c(c1)c1c(-c3cccc(-c4ccccc4)c3)cccc1n2-c1ccccc1. The number of benzene rings is 5. The molecule has 0 N–H and O–H groups in total. The maximum absolute atomic E-state index is 6.47. The largest absolute Gasteiger partial charge is 0.309 e. The number of halogens is 1. The van der Waals surface area contributed by atoms with E-state index in [0.29, 0.717) is 0 Å². The lowest BCUT2D eigenvalue weighted by atomic mass is 9.96. The molecule has 6 aromatic rings. The van der Waals surface area contributed by atoms with Crippen LogP contribution < -0.4 is 0 Å². The Kier molecular flexibility index (Phi) is 4.56. The van der Waals surface area contributed by atoms with Gasteiger partial charge in [-0.1, -0.05) is 90.5 Å². The highest BCUT2D eigenvalue weighted by molar-refractivity contribution is 6.32. The minimum Gasteiger partial charge on any atom is -0.309 e. The molecule has 0 atom stereocenters. The van der Waals surface area contributed by atoms with Crippen LogP contribution in [-0.4, -0.2) is 4.57 Å². The quantitative estimate of drug-likeness (QED) is 0.265. The van der Waals surface area contributed by atoms with E-state index in [1.54, 1.807) is 0 Å². The van der Waals surface area contributed by atoms with Gasteiger partial charge >= 0.3 is 0 Å². The molecule has 152 valence electrons. The Labute approximate surface area is 192 Å². The molecule has 32 heavy (non-hydrogen) atoms. The van der Waals surface area contributed by atoms with E-state index in [1.807, 2.05) is 6.07 Å². The summed E-state index contributed by atoms with van der Waals surface area (Å²) in [6.07, 6.45) is 0. The number of hydrogen-bond donors (Lipinski definition) is 0. The van der Waals surface area contributed by atoms with Crippen molar-refractivity contribution in [3.63, 3.8) is 0 Å². The standard InChI is InChI=1S/C30H20ClN/c31-24-17-18-28-27(20-24)30-26(15-8-16-29(30)32(28)25-13-5-2-6-14-25)23-12-7-11-22(19-23)21-9-3-1-4-10-21/h1-20H. The molecule has 0 fully saturated rings. The van der Waals surface area contributed by atoms with Crippen LogP contribution in [0.2, 0.25) is 5.02 Å². The first-order valence-corrected chi connectivity index (χ1v) is 11.1. The molecule has 0 bridgehead atoms. The molecule has 0 aliphatic rings. The van der Waals surface area contributed by atoms with Gasteiger partial charge in [0.25, 0.3) is 0 Å². The lowest BCUT2D eigenvalue weighted by molar-refractivity contribution is 1.18. The maximum atomic E-state index is 6.47. The third-order valence-electron chi connectivity index (χ3n) is 6.05. The first kappa shape index (κ1) is 18.9. The molecule has 0 unspecified atom stereocenters. The normalized spacial score (nSPS) is 11.3. The van der Waals surface area contributed by atoms with Crippen LogP contribution in [0.5, 0.6) is 0 Å². The van der Waals surface area contributed by atoms with E-state index in [4.69, 9.17) is 11.6 Å². The number of aromatic nitrogens is 1. The van der Waals surface area contributed by atoms with Crippen molar-refractivity contribution in [1.82, 2.24) is 4.57 Å². The van der Waals surface area contributed by atoms with Crippen molar-refractivity contribution >= 4 is 33.4 Å². The number of nitrogens with zero attached hydrogens (tertiary/aromatic N) is 1. The Morgan fingerprint density at radius 2 is 1.19 bits per heavy atom. The highest BCUT2D eigenvalue weighted by atomic mass is 35.5. The van der Waals surface area contributed by atoms with E-state index in [2.05, 4.69) is 120 Å². The fourth-order valence-electron chi connectivity index (χ4n) is 4.64. The van der Waals surface area contributed by atoms with E-state index in [9.17, 15) is 0 Å². The molecule has 1 aromatic heterocycles. The van der Waals surface area contributed by atoms with E-state index >= 15 is 0 Å². The van der Waals surface area contributed by atoms with Gasteiger partial charge in [0.1, 0.15) is 0 Å². The second kappa shape index (κ2) is 7.71. The van der Waals surface area contributed by atoms with Crippen LogP contribution in [0.3, 0.4) is 0 Å². The van der Waals surface area contributed by atoms with Gasteiger partial charge in [0.05, 0.1) is 11.0 Å². The van der Waals surface area contributed by atoms with E-state index in [0.717, 1.165) is 21.6 Å². The third-order valence-corrected chi connectivity index (χ3v) is 6.28. The molecule has 0 aliphatic carbocycles. The average Bonchev–Trinajstić information content (AvgIpc) is 3.19. The molecule has 0 radical (unpaired) electrons. The van der Waals surface area contributed by atoms with Crippen LogP contribution in [-0.2, 0) is 0 Å². The second-order valence-electron chi connectivity index (χ2n) is 7.98. The second-order valence-corrected chi connectivity index (χ2v) is 8.42. The van der Waals surface area contributed by atoms with Crippen LogP contribution >= 0.6 is 11.6 Å². The molecule has 0 amide bonds. The van der Waals surface area contributed by atoms with Crippen LogP contribution in [0.1, 0.15) is 0 Å². The third kappa shape index (κ3) is 3.10. The molecule has 1 nitrogen and oxygen atoms in total. The van der Waals surface area contributed by atoms with Crippen molar-refractivity contribution in [2.45, 2.75) is 0 Å². The molecule has 6 rings (SSSR count). The highest BCUT2D eigenvalue weighted by Gasteiger charge is 2.16. The lowest BCUT2D eigenvalue weighted by Crippen LogP contribution is -1.93. The van der Waals surface area contributed by atoms with E-state index < -0.39 is 0 Å². The molecular weight excluding hydrogens is 410 g/mol. The molecule has 0 spiro atoms. The van der Waals surface area contributed by atoms with Crippen molar-refractivity contribution in [2.24, 2.45) is 0 Å². The van der Waals surface area contributed by atoms with Crippen molar-refractivity contribution in [3.05, 3.63) is 126 Å². The average molecular weight is 430 g/mol. The first-order chi connectivity index (χ1) is 15.8. The van der Waals surface area contributed by atoms with Gasteiger partial charge in [0, 0.05) is 21.5 Å². The monoisotopic (exact) mass is 429 g/mol. The summed E-state index contributed by atoms with van der Waals surface area (Å²) in [6.45, 7) is 0. The minimum absolute atomic E-state index is 0.748. The Morgan fingerprint density at radius 1 is 0.500 bits per heavy atom. The summed E-state index contributed by atoms with van der Waals surface area (Å²) in [7, 11) is 0. The van der Waals surface area contributed by atoms with Crippen molar-refractivity contribution < 1.29 is 0 Å². The lowest BCUT2D eigenvalue weighted by Gasteiger charge is -2.10. The zero-order chi connectivity index (χ0) is 21.5. The minimum atomic E-state index is 0.748. The number of para-hydroxylation sites is 1. The van der Waals surface area contributed by atoms with Gasteiger partial charge in [-0.05, 0) is 64.7 Å². The zero-order valence-electron chi connectivity index (χ0n) is 17.4. The molecular formula is C30H20ClN. The van der Waals surface area contributed by atoms with E-state index in [1.165, 1.54) is 33.2 Å². The van der Waals surface area contributed by atoms with Crippen molar-refractivity contribution in [3.8, 4) is 27.9 Å². The summed E-state index contributed by atoms with van der Waals surface area (Å²) in [5.74, 6) is 0. The molecule has 0 aliphatic heterocycles. The Balaban J connectivity index is 1.67. The fourth-order valence-corrected chi connectivity index (χ4v) is 4.81. The molecule has 0 saturated carbocycles.